The zero-order valence-corrected chi connectivity index (χ0v) is 16.4. The van der Waals surface area contributed by atoms with Crippen LogP contribution in [0.1, 0.15) is 50.5 Å². The summed E-state index contributed by atoms with van der Waals surface area (Å²) in [4.78, 5) is 27.7. The van der Waals surface area contributed by atoms with Gasteiger partial charge in [0, 0.05) is 32.2 Å². The highest BCUT2D eigenvalue weighted by Gasteiger charge is 2.33. The van der Waals surface area contributed by atoms with Crippen molar-refractivity contribution >= 4 is 12.1 Å². The molecule has 0 bridgehead atoms. The van der Waals surface area contributed by atoms with E-state index in [1.54, 1.807) is 23.1 Å². The number of carbonyl (C=O) groups is 2. The monoisotopic (exact) mass is 362 g/mol. The Morgan fingerprint density at radius 2 is 1.96 bits per heavy atom. The summed E-state index contributed by atoms with van der Waals surface area (Å²) in [6, 6.07) is 7.25. The molecule has 0 saturated carbocycles. The van der Waals surface area contributed by atoms with E-state index in [0.29, 0.717) is 31.1 Å². The van der Waals surface area contributed by atoms with Crippen LogP contribution in [0.3, 0.4) is 0 Å². The lowest BCUT2D eigenvalue weighted by Crippen LogP contribution is -2.56. The quantitative estimate of drug-likeness (QED) is 0.888. The van der Waals surface area contributed by atoms with Crippen LogP contribution in [0.25, 0.3) is 0 Å². The normalized spacial score (nSPS) is 18.8. The molecule has 26 heavy (non-hydrogen) atoms. The van der Waals surface area contributed by atoms with E-state index in [9.17, 15) is 14.7 Å². The Balaban J connectivity index is 2.08. The van der Waals surface area contributed by atoms with Crippen LogP contribution in [-0.2, 0) is 11.3 Å². The van der Waals surface area contributed by atoms with Crippen LogP contribution in [0, 0.1) is 5.92 Å². The minimum Gasteiger partial charge on any atom is -0.478 e. The number of carboxylic acid groups (broad SMARTS) is 1. The van der Waals surface area contributed by atoms with E-state index in [1.807, 2.05) is 26.8 Å². The van der Waals surface area contributed by atoms with Gasteiger partial charge in [0.2, 0.25) is 0 Å². The zero-order valence-electron chi connectivity index (χ0n) is 16.4. The van der Waals surface area contributed by atoms with Gasteiger partial charge >= 0.3 is 12.1 Å². The summed E-state index contributed by atoms with van der Waals surface area (Å²) >= 11 is 0. The second kappa shape index (κ2) is 8.08. The molecule has 2 rings (SSSR count). The van der Waals surface area contributed by atoms with Gasteiger partial charge in [-0.25, -0.2) is 9.59 Å². The standard InChI is InChI=1S/C20H30N2O4/c1-14(2)17-13-22(19(25)26-20(3,4)5)10-9-21(17)12-15-7-6-8-16(11-15)18(23)24/h6-8,11,14,17H,9-10,12-13H2,1-5H3,(H,23,24)/t17-/m1/s1. The first-order valence-corrected chi connectivity index (χ1v) is 9.11. The molecule has 144 valence electrons. The summed E-state index contributed by atoms with van der Waals surface area (Å²) in [7, 11) is 0. The molecule has 1 N–H and O–H groups in total. The molecule has 1 aliphatic heterocycles. The van der Waals surface area contributed by atoms with Crippen molar-refractivity contribution in [1.29, 1.82) is 0 Å². The second-order valence-electron chi connectivity index (χ2n) is 8.21. The number of carboxylic acids is 1. The number of nitrogens with zero attached hydrogens (tertiary/aromatic N) is 2. The summed E-state index contributed by atoms with van der Waals surface area (Å²) in [6.07, 6.45) is -0.268. The maximum absolute atomic E-state index is 12.4. The maximum atomic E-state index is 12.4. The predicted octanol–water partition coefficient (Wildman–Crippen LogP) is 3.46. The topological polar surface area (TPSA) is 70.1 Å². The van der Waals surface area contributed by atoms with Crippen LogP contribution < -0.4 is 0 Å². The Labute approximate surface area is 155 Å². The van der Waals surface area contributed by atoms with Crippen molar-refractivity contribution in [2.24, 2.45) is 5.92 Å². The van der Waals surface area contributed by atoms with Crippen LogP contribution in [0.2, 0.25) is 0 Å². The van der Waals surface area contributed by atoms with Crippen LogP contribution >= 0.6 is 0 Å². The summed E-state index contributed by atoms with van der Waals surface area (Å²) in [5.41, 5.74) is 0.774. The summed E-state index contributed by atoms with van der Waals surface area (Å²) in [5, 5.41) is 9.17. The van der Waals surface area contributed by atoms with Crippen molar-refractivity contribution in [3.05, 3.63) is 35.4 Å². The Kier molecular flexibility index (Phi) is 6.29. The van der Waals surface area contributed by atoms with Crippen molar-refractivity contribution in [1.82, 2.24) is 9.80 Å². The second-order valence-corrected chi connectivity index (χ2v) is 8.21. The van der Waals surface area contributed by atoms with Gasteiger partial charge in [0.15, 0.2) is 0 Å². The number of hydrogen-bond acceptors (Lipinski definition) is 4. The van der Waals surface area contributed by atoms with E-state index in [-0.39, 0.29) is 12.1 Å². The Morgan fingerprint density at radius 3 is 2.54 bits per heavy atom. The number of carbonyl (C=O) groups excluding carboxylic acids is 1. The molecule has 0 radical (unpaired) electrons. The lowest BCUT2D eigenvalue weighted by molar-refractivity contribution is -0.00429. The average Bonchev–Trinajstić information content (AvgIpc) is 2.53. The molecule has 1 aromatic carbocycles. The highest BCUT2D eigenvalue weighted by atomic mass is 16.6. The first-order valence-electron chi connectivity index (χ1n) is 9.11. The fourth-order valence-corrected chi connectivity index (χ4v) is 3.21. The Morgan fingerprint density at radius 1 is 1.27 bits per heavy atom. The van der Waals surface area contributed by atoms with E-state index in [4.69, 9.17) is 4.74 Å². The SMILES string of the molecule is CC(C)[C@H]1CN(C(=O)OC(C)(C)C)CCN1Cc1cccc(C(=O)O)c1. The van der Waals surface area contributed by atoms with Gasteiger partial charge in [-0.2, -0.15) is 0 Å². The smallest absolute Gasteiger partial charge is 0.410 e. The number of amides is 1. The zero-order chi connectivity index (χ0) is 19.5. The molecule has 0 aliphatic carbocycles. The van der Waals surface area contributed by atoms with E-state index in [2.05, 4.69) is 18.7 Å². The number of ether oxygens (including phenoxy) is 1. The third-order valence-corrected chi connectivity index (χ3v) is 4.51. The number of aromatic carboxylic acids is 1. The molecular weight excluding hydrogens is 332 g/mol. The van der Waals surface area contributed by atoms with Gasteiger partial charge in [-0.3, -0.25) is 4.90 Å². The third-order valence-electron chi connectivity index (χ3n) is 4.51. The van der Waals surface area contributed by atoms with Crippen molar-refractivity contribution in [3.8, 4) is 0 Å². The van der Waals surface area contributed by atoms with Gasteiger partial charge in [0.1, 0.15) is 5.60 Å². The molecule has 1 amide bonds. The maximum Gasteiger partial charge on any atom is 0.410 e. The summed E-state index contributed by atoms with van der Waals surface area (Å²) in [6.45, 7) is 12.5. The van der Waals surface area contributed by atoms with Crippen LogP contribution in [0.5, 0.6) is 0 Å². The average molecular weight is 362 g/mol. The van der Waals surface area contributed by atoms with Crippen LogP contribution in [-0.4, -0.2) is 58.2 Å². The summed E-state index contributed by atoms with van der Waals surface area (Å²) < 4.78 is 5.50. The lowest BCUT2D eigenvalue weighted by Gasteiger charge is -2.43. The molecule has 1 aliphatic rings. The highest BCUT2D eigenvalue weighted by Crippen LogP contribution is 2.22. The molecule has 1 saturated heterocycles. The third kappa shape index (κ3) is 5.46. The van der Waals surface area contributed by atoms with Gasteiger partial charge in [-0.1, -0.05) is 26.0 Å². The molecule has 1 aromatic rings. The summed E-state index contributed by atoms with van der Waals surface area (Å²) in [5.74, 6) is -0.551. The minimum atomic E-state index is -0.915. The fraction of sp³-hybridized carbons (Fsp3) is 0.600. The van der Waals surface area contributed by atoms with Crippen LogP contribution in [0.15, 0.2) is 24.3 Å². The molecular formula is C20H30N2O4. The lowest BCUT2D eigenvalue weighted by atomic mass is 9.98. The fourth-order valence-electron chi connectivity index (χ4n) is 3.21. The molecule has 6 nitrogen and oxygen atoms in total. The van der Waals surface area contributed by atoms with Gasteiger partial charge in [0.25, 0.3) is 0 Å². The molecule has 1 heterocycles. The van der Waals surface area contributed by atoms with E-state index in [0.717, 1.165) is 12.1 Å². The van der Waals surface area contributed by atoms with E-state index >= 15 is 0 Å². The van der Waals surface area contributed by atoms with Crippen molar-refractivity contribution in [3.63, 3.8) is 0 Å². The first kappa shape index (κ1) is 20.2. The largest absolute Gasteiger partial charge is 0.478 e. The van der Waals surface area contributed by atoms with Crippen molar-refractivity contribution in [2.45, 2.75) is 52.8 Å². The Bertz CT molecular complexity index is 651. The molecule has 0 spiro atoms. The van der Waals surface area contributed by atoms with Crippen molar-refractivity contribution < 1.29 is 19.4 Å². The van der Waals surface area contributed by atoms with E-state index < -0.39 is 11.6 Å². The molecule has 0 aromatic heterocycles. The van der Waals surface area contributed by atoms with Crippen LogP contribution in [0.4, 0.5) is 4.79 Å². The predicted molar refractivity (Wildman–Crippen MR) is 100 cm³/mol. The number of piperazine rings is 1. The van der Waals surface area contributed by atoms with Gasteiger partial charge in [-0.05, 0) is 44.4 Å². The molecule has 1 fully saturated rings. The number of rotatable bonds is 4. The van der Waals surface area contributed by atoms with Crippen molar-refractivity contribution in [2.75, 3.05) is 19.6 Å². The molecule has 0 unspecified atom stereocenters. The number of hydrogen-bond donors (Lipinski definition) is 1. The van der Waals surface area contributed by atoms with E-state index in [1.165, 1.54) is 0 Å². The number of benzene rings is 1. The van der Waals surface area contributed by atoms with Gasteiger partial charge < -0.3 is 14.7 Å². The highest BCUT2D eigenvalue weighted by molar-refractivity contribution is 5.87. The van der Waals surface area contributed by atoms with Gasteiger partial charge in [-0.15, -0.1) is 0 Å². The molecule has 6 heteroatoms. The first-order chi connectivity index (χ1) is 12.1. The minimum absolute atomic E-state index is 0.199. The van der Waals surface area contributed by atoms with Gasteiger partial charge in [0.05, 0.1) is 5.56 Å². The Hall–Kier alpha value is -2.08. The molecule has 1 atom stereocenters.